The van der Waals surface area contributed by atoms with Crippen LogP contribution in [0.15, 0.2) is 0 Å². The van der Waals surface area contributed by atoms with Gasteiger partial charge in [-0.1, -0.05) is 13.8 Å². The van der Waals surface area contributed by atoms with Crippen LogP contribution in [0.25, 0.3) is 0 Å². The summed E-state index contributed by atoms with van der Waals surface area (Å²) in [6.45, 7) is 7.36. The molecule has 1 heterocycles. The lowest BCUT2D eigenvalue weighted by atomic mass is 9.80. The minimum Gasteiger partial charge on any atom is -0.310 e. The van der Waals surface area contributed by atoms with Gasteiger partial charge in [-0.3, -0.25) is 0 Å². The number of piperidine rings is 1. The molecule has 2 nitrogen and oxygen atoms in total. The maximum Gasteiger partial charge on any atom is 0.0197 e. The fourth-order valence-corrected chi connectivity index (χ4v) is 3.72. The third kappa shape index (κ3) is 3.46. The van der Waals surface area contributed by atoms with Crippen LogP contribution < -0.4 is 5.32 Å². The molecule has 0 aromatic carbocycles. The number of likely N-dealkylation sites (tertiary alicyclic amines) is 1. The molecule has 0 bridgehead atoms. The fraction of sp³-hybridized carbons (Fsp3) is 1.00. The van der Waals surface area contributed by atoms with Crippen molar-refractivity contribution >= 4 is 0 Å². The number of nitrogens with one attached hydrogen (secondary N) is 1. The van der Waals surface area contributed by atoms with Gasteiger partial charge in [0.05, 0.1) is 0 Å². The van der Waals surface area contributed by atoms with Crippen LogP contribution in [0.4, 0.5) is 0 Å². The summed E-state index contributed by atoms with van der Waals surface area (Å²) in [7, 11) is 2.25. The monoisotopic (exact) mass is 224 g/mol. The SMILES string of the molecule is CC1CC(C)CC(NC2CCCN(C)C2)C1. The Hall–Kier alpha value is -0.0800. The molecule has 3 unspecified atom stereocenters. The van der Waals surface area contributed by atoms with E-state index < -0.39 is 0 Å². The molecule has 0 radical (unpaired) electrons. The Morgan fingerprint density at radius 3 is 2.31 bits per heavy atom. The Morgan fingerprint density at radius 2 is 1.69 bits per heavy atom. The standard InChI is InChI=1S/C14H28N2/c1-11-7-12(2)9-14(8-11)15-13-5-4-6-16(3)10-13/h11-15H,4-10H2,1-3H3. The van der Waals surface area contributed by atoms with Crippen molar-refractivity contribution in [1.29, 1.82) is 0 Å². The predicted octanol–water partition coefficient (Wildman–Crippen LogP) is 2.49. The molecular weight excluding hydrogens is 196 g/mol. The Morgan fingerprint density at radius 1 is 1.00 bits per heavy atom. The zero-order chi connectivity index (χ0) is 11.5. The summed E-state index contributed by atoms with van der Waals surface area (Å²) in [5.74, 6) is 1.84. The Kier molecular flexibility index (Phi) is 4.26. The van der Waals surface area contributed by atoms with E-state index >= 15 is 0 Å². The topological polar surface area (TPSA) is 15.3 Å². The lowest BCUT2D eigenvalue weighted by Crippen LogP contribution is -2.49. The molecule has 0 spiro atoms. The molecule has 0 aromatic rings. The van der Waals surface area contributed by atoms with Crippen LogP contribution >= 0.6 is 0 Å². The summed E-state index contributed by atoms with van der Waals surface area (Å²) in [4.78, 5) is 2.47. The Balaban J connectivity index is 1.79. The molecule has 94 valence electrons. The molecule has 0 amide bonds. The summed E-state index contributed by atoms with van der Waals surface area (Å²) in [5.41, 5.74) is 0. The van der Waals surface area contributed by atoms with Gasteiger partial charge in [-0.15, -0.1) is 0 Å². The summed E-state index contributed by atoms with van der Waals surface area (Å²) >= 11 is 0. The van der Waals surface area contributed by atoms with Crippen molar-refractivity contribution < 1.29 is 0 Å². The molecule has 16 heavy (non-hydrogen) atoms. The van der Waals surface area contributed by atoms with Gasteiger partial charge >= 0.3 is 0 Å². The second-order valence-electron chi connectivity index (χ2n) is 6.38. The third-order valence-corrected chi connectivity index (χ3v) is 4.27. The van der Waals surface area contributed by atoms with E-state index in [4.69, 9.17) is 0 Å². The van der Waals surface area contributed by atoms with E-state index in [0.717, 1.165) is 23.9 Å². The number of likely N-dealkylation sites (N-methyl/N-ethyl adjacent to an activating group) is 1. The van der Waals surface area contributed by atoms with E-state index in [1.54, 1.807) is 0 Å². The molecule has 1 saturated heterocycles. The van der Waals surface area contributed by atoms with Gasteiger partial charge in [0.1, 0.15) is 0 Å². The van der Waals surface area contributed by atoms with E-state index in [9.17, 15) is 0 Å². The van der Waals surface area contributed by atoms with Gasteiger partial charge in [0.25, 0.3) is 0 Å². The van der Waals surface area contributed by atoms with Crippen LogP contribution in [-0.4, -0.2) is 37.1 Å². The third-order valence-electron chi connectivity index (χ3n) is 4.27. The molecule has 2 aliphatic rings. The van der Waals surface area contributed by atoms with Crippen LogP contribution in [-0.2, 0) is 0 Å². The van der Waals surface area contributed by atoms with Crippen molar-refractivity contribution in [3.63, 3.8) is 0 Å². The summed E-state index contributed by atoms with van der Waals surface area (Å²) in [5, 5.41) is 3.91. The fourth-order valence-electron chi connectivity index (χ4n) is 3.72. The van der Waals surface area contributed by atoms with E-state index in [0.29, 0.717) is 0 Å². The highest BCUT2D eigenvalue weighted by molar-refractivity contribution is 4.85. The maximum atomic E-state index is 3.91. The molecule has 1 saturated carbocycles. The first-order valence-electron chi connectivity index (χ1n) is 7.08. The number of hydrogen-bond acceptors (Lipinski definition) is 2. The van der Waals surface area contributed by atoms with Crippen molar-refractivity contribution in [3.8, 4) is 0 Å². The van der Waals surface area contributed by atoms with Crippen molar-refractivity contribution in [2.45, 2.75) is 58.0 Å². The van der Waals surface area contributed by atoms with Crippen LogP contribution in [0.5, 0.6) is 0 Å². The van der Waals surface area contributed by atoms with Crippen LogP contribution in [0, 0.1) is 11.8 Å². The minimum atomic E-state index is 0.751. The van der Waals surface area contributed by atoms with Gasteiger partial charge in [0.15, 0.2) is 0 Å². The number of rotatable bonds is 2. The Bertz CT molecular complexity index is 207. The normalized spacial score (nSPS) is 42.2. The first kappa shape index (κ1) is 12.4. The minimum absolute atomic E-state index is 0.751. The van der Waals surface area contributed by atoms with Crippen molar-refractivity contribution in [1.82, 2.24) is 10.2 Å². The lowest BCUT2D eigenvalue weighted by molar-refractivity contribution is 0.177. The second kappa shape index (κ2) is 5.50. The molecule has 1 aliphatic heterocycles. The second-order valence-corrected chi connectivity index (χ2v) is 6.38. The average molecular weight is 224 g/mol. The smallest absolute Gasteiger partial charge is 0.0197 e. The number of hydrogen-bond donors (Lipinski definition) is 1. The molecule has 0 aromatic heterocycles. The maximum absolute atomic E-state index is 3.91. The van der Waals surface area contributed by atoms with Gasteiger partial charge in [-0.2, -0.15) is 0 Å². The highest BCUT2D eigenvalue weighted by Gasteiger charge is 2.26. The van der Waals surface area contributed by atoms with E-state index in [2.05, 4.69) is 31.1 Å². The van der Waals surface area contributed by atoms with E-state index in [-0.39, 0.29) is 0 Å². The zero-order valence-corrected chi connectivity index (χ0v) is 11.2. The molecule has 1 N–H and O–H groups in total. The van der Waals surface area contributed by atoms with Gasteiger partial charge in [0, 0.05) is 18.6 Å². The first-order valence-corrected chi connectivity index (χ1v) is 7.08. The molecular formula is C14H28N2. The van der Waals surface area contributed by atoms with E-state index in [1.807, 2.05) is 0 Å². The van der Waals surface area contributed by atoms with Crippen LogP contribution in [0.3, 0.4) is 0 Å². The first-order chi connectivity index (χ1) is 7.63. The lowest BCUT2D eigenvalue weighted by Gasteiger charge is -2.37. The molecule has 1 aliphatic carbocycles. The average Bonchev–Trinajstić information content (AvgIpc) is 2.15. The molecule has 2 fully saturated rings. The van der Waals surface area contributed by atoms with Gasteiger partial charge in [-0.25, -0.2) is 0 Å². The largest absolute Gasteiger partial charge is 0.310 e. The zero-order valence-electron chi connectivity index (χ0n) is 11.2. The quantitative estimate of drug-likeness (QED) is 0.775. The van der Waals surface area contributed by atoms with Crippen molar-refractivity contribution in [2.24, 2.45) is 11.8 Å². The van der Waals surface area contributed by atoms with Gasteiger partial charge in [0.2, 0.25) is 0 Å². The Labute approximate surface area is 101 Å². The van der Waals surface area contributed by atoms with Crippen LogP contribution in [0.1, 0.15) is 46.0 Å². The summed E-state index contributed by atoms with van der Waals surface area (Å²) in [6.07, 6.45) is 6.97. The van der Waals surface area contributed by atoms with E-state index in [1.165, 1.54) is 45.2 Å². The molecule has 2 rings (SSSR count). The van der Waals surface area contributed by atoms with Crippen LogP contribution in [0.2, 0.25) is 0 Å². The summed E-state index contributed by atoms with van der Waals surface area (Å²) < 4.78 is 0. The highest BCUT2D eigenvalue weighted by Crippen LogP contribution is 2.29. The number of nitrogens with zero attached hydrogens (tertiary/aromatic N) is 1. The molecule has 2 heteroatoms. The molecule has 3 atom stereocenters. The predicted molar refractivity (Wildman–Crippen MR) is 69.6 cm³/mol. The van der Waals surface area contributed by atoms with Crippen molar-refractivity contribution in [3.05, 3.63) is 0 Å². The van der Waals surface area contributed by atoms with Gasteiger partial charge in [-0.05, 0) is 57.5 Å². The van der Waals surface area contributed by atoms with Gasteiger partial charge < -0.3 is 10.2 Å². The van der Waals surface area contributed by atoms with Crippen molar-refractivity contribution in [2.75, 3.05) is 20.1 Å². The summed E-state index contributed by atoms with van der Waals surface area (Å²) in [6, 6.07) is 1.54. The highest BCUT2D eigenvalue weighted by atomic mass is 15.1.